The third kappa shape index (κ3) is 1.12. The first-order valence-electron chi connectivity index (χ1n) is 5.67. The standard InChI is InChI=1S/C13H17N/c14-13-11-7-6-10(8-11)12(13)9-4-2-1-3-5-9/h1-5,10-13H,6-8,14H2/t10-,11+,12-,13-/m1/s1. The molecule has 0 unspecified atom stereocenters. The summed E-state index contributed by atoms with van der Waals surface area (Å²) in [5.41, 5.74) is 7.76. The van der Waals surface area contributed by atoms with Gasteiger partial charge in [-0.1, -0.05) is 30.3 Å². The normalized spacial score (nSPS) is 40.4. The molecule has 0 spiro atoms. The lowest BCUT2D eigenvalue weighted by Crippen LogP contribution is -2.33. The second-order valence-corrected chi connectivity index (χ2v) is 4.85. The zero-order valence-corrected chi connectivity index (χ0v) is 8.39. The van der Waals surface area contributed by atoms with E-state index in [0.717, 1.165) is 11.8 Å². The van der Waals surface area contributed by atoms with E-state index in [4.69, 9.17) is 5.73 Å². The maximum absolute atomic E-state index is 6.30. The highest BCUT2D eigenvalue weighted by Crippen LogP contribution is 2.51. The van der Waals surface area contributed by atoms with Gasteiger partial charge in [-0.15, -0.1) is 0 Å². The Labute approximate surface area is 85.3 Å². The maximum atomic E-state index is 6.30. The lowest BCUT2D eigenvalue weighted by Gasteiger charge is -2.28. The van der Waals surface area contributed by atoms with Gasteiger partial charge in [0.15, 0.2) is 0 Å². The van der Waals surface area contributed by atoms with Crippen LogP contribution < -0.4 is 5.73 Å². The molecular formula is C13H17N. The van der Waals surface area contributed by atoms with Crippen LogP contribution in [-0.4, -0.2) is 6.04 Å². The fourth-order valence-corrected chi connectivity index (χ4v) is 3.51. The topological polar surface area (TPSA) is 26.0 Å². The van der Waals surface area contributed by atoms with Crippen molar-refractivity contribution in [3.8, 4) is 0 Å². The molecular weight excluding hydrogens is 170 g/mol. The van der Waals surface area contributed by atoms with E-state index in [2.05, 4.69) is 30.3 Å². The molecule has 2 bridgehead atoms. The summed E-state index contributed by atoms with van der Waals surface area (Å²) in [4.78, 5) is 0. The van der Waals surface area contributed by atoms with Crippen LogP contribution in [0.25, 0.3) is 0 Å². The van der Waals surface area contributed by atoms with Gasteiger partial charge in [0.1, 0.15) is 0 Å². The summed E-state index contributed by atoms with van der Waals surface area (Å²) in [5.74, 6) is 2.33. The van der Waals surface area contributed by atoms with Crippen LogP contribution in [0.4, 0.5) is 0 Å². The first-order valence-corrected chi connectivity index (χ1v) is 5.67. The molecule has 2 saturated carbocycles. The van der Waals surface area contributed by atoms with Crippen molar-refractivity contribution in [1.29, 1.82) is 0 Å². The van der Waals surface area contributed by atoms with Crippen molar-refractivity contribution in [2.75, 3.05) is 0 Å². The number of benzene rings is 1. The van der Waals surface area contributed by atoms with E-state index in [1.807, 2.05) is 0 Å². The van der Waals surface area contributed by atoms with Crippen LogP contribution in [-0.2, 0) is 0 Å². The summed E-state index contributed by atoms with van der Waals surface area (Å²) < 4.78 is 0. The highest BCUT2D eigenvalue weighted by atomic mass is 14.7. The molecule has 2 aliphatic rings. The Kier molecular flexibility index (Phi) is 1.88. The number of hydrogen-bond donors (Lipinski definition) is 1. The maximum Gasteiger partial charge on any atom is 0.0139 e. The fraction of sp³-hybridized carbons (Fsp3) is 0.538. The largest absolute Gasteiger partial charge is 0.327 e. The monoisotopic (exact) mass is 187 g/mol. The predicted molar refractivity (Wildman–Crippen MR) is 58.0 cm³/mol. The molecule has 3 rings (SSSR count). The zero-order chi connectivity index (χ0) is 9.54. The van der Waals surface area contributed by atoms with E-state index in [-0.39, 0.29) is 0 Å². The fourth-order valence-electron chi connectivity index (χ4n) is 3.51. The Hall–Kier alpha value is -0.820. The van der Waals surface area contributed by atoms with Crippen molar-refractivity contribution < 1.29 is 0 Å². The average molecular weight is 187 g/mol. The molecule has 1 aromatic carbocycles. The number of fused-ring (bicyclic) bond motifs is 2. The van der Waals surface area contributed by atoms with Crippen molar-refractivity contribution in [2.24, 2.45) is 17.6 Å². The summed E-state index contributed by atoms with van der Waals surface area (Å²) >= 11 is 0. The lowest BCUT2D eigenvalue weighted by molar-refractivity contribution is 0.366. The lowest BCUT2D eigenvalue weighted by atomic mass is 9.80. The molecule has 0 aromatic heterocycles. The minimum absolute atomic E-state index is 0.427. The number of nitrogens with two attached hydrogens (primary N) is 1. The summed E-state index contributed by atoms with van der Waals surface area (Å²) in [6, 6.07) is 11.3. The molecule has 0 aliphatic heterocycles. The third-order valence-corrected chi connectivity index (χ3v) is 4.17. The first kappa shape index (κ1) is 8.49. The molecule has 4 atom stereocenters. The predicted octanol–water partition coefficient (Wildman–Crippen LogP) is 2.53. The molecule has 2 aliphatic carbocycles. The minimum Gasteiger partial charge on any atom is -0.327 e. The number of hydrogen-bond acceptors (Lipinski definition) is 1. The Bertz CT molecular complexity index is 317. The second kappa shape index (κ2) is 3.09. The highest BCUT2D eigenvalue weighted by molar-refractivity contribution is 5.25. The quantitative estimate of drug-likeness (QED) is 0.718. The van der Waals surface area contributed by atoms with Crippen LogP contribution >= 0.6 is 0 Å². The molecule has 1 nitrogen and oxygen atoms in total. The van der Waals surface area contributed by atoms with Gasteiger partial charge in [0.05, 0.1) is 0 Å². The zero-order valence-electron chi connectivity index (χ0n) is 8.39. The van der Waals surface area contributed by atoms with Crippen molar-refractivity contribution >= 4 is 0 Å². The molecule has 1 heteroatoms. The molecule has 0 heterocycles. The number of rotatable bonds is 1. The van der Waals surface area contributed by atoms with Crippen LogP contribution in [0.3, 0.4) is 0 Å². The van der Waals surface area contributed by atoms with Crippen LogP contribution in [0, 0.1) is 11.8 Å². The Morgan fingerprint density at radius 3 is 2.36 bits per heavy atom. The summed E-state index contributed by atoms with van der Waals surface area (Å²) in [5, 5.41) is 0. The van der Waals surface area contributed by atoms with E-state index in [9.17, 15) is 0 Å². The van der Waals surface area contributed by atoms with Gasteiger partial charge in [0.2, 0.25) is 0 Å². The van der Waals surface area contributed by atoms with E-state index in [0.29, 0.717) is 12.0 Å². The first-order chi connectivity index (χ1) is 6.86. The molecule has 0 radical (unpaired) electrons. The van der Waals surface area contributed by atoms with Gasteiger partial charge in [0.25, 0.3) is 0 Å². The molecule has 2 fully saturated rings. The summed E-state index contributed by atoms with van der Waals surface area (Å²) in [6.45, 7) is 0. The summed E-state index contributed by atoms with van der Waals surface area (Å²) in [6.07, 6.45) is 4.15. The van der Waals surface area contributed by atoms with Crippen LogP contribution in [0.15, 0.2) is 30.3 Å². The molecule has 0 saturated heterocycles. The minimum atomic E-state index is 0.427. The smallest absolute Gasteiger partial charge is 0.0139 e. The van der Waals surface area contributed by atoms with Crippen LogP contribution in [0.1, 0.15) is 30.7 Å². The van der Waals surface area contributed by atoms with Crippen molar-refractivity contribution in [3.05, 3.63) is 35.9 Å². The van der Waals surface area contributed by atoms with E-state index in [1.165, 1.54) is 24.8 Å². The van der Waals surface area contributed by atoms with E-state index < -0.39 is 0 Å². The van der Waals surface area contributed by atoms with Gasteiger partial charge < -0.3 is 5.73 Å². The molecule has 2 N–H and O–H groups in total. The van der Waals surface area contributed by atoms with Crippen molar-refractivity contribution in [3.63, 3.8) is 0 Å². The van der Waals surface area contributed by atoms with E-state index >= 15 is 0 Å². The van der Waals surface area contributed by atoms with Crippen molar-refractivity contribution in [2.45, 2.75) is 31.2 Å². The summed E-state index contributed by atoms with van der Waals surface area (Å²) in [7, 11) is 0. The van der Waals surface area contributed by atoms with Crippen LogP contribution in [0.5, 0.6) is 0 Å². The molecule has 0 amide bonds. The van der Waals surface area contributed by atoms with Gasteiger partial charge in [-0.2, -0.15) is 0 Å². The third-order valence-electron chi connectivity index (χ3n) is 4.17. The van der Waals surface area contributed by atoms with E-state index in [1.54, 1.807) is 0 Å². The van der Waals surface area contributed by atoms with Crippen molar-refractivity contribution in [1.82, 2.24) is 0 Å². The Morgan fingerprint density at radius 1 is 1.00 bits per heavy atom. The molecule has 14 heavy (non-hydrogen) atoms. The van der Waals surface area contributed by atoms with Gasteiger partial charge in [-0.05, 0) is 36.7 Å². The Balaban J connectivity index is 1.93. The average Bonchev–Trinajstić information content (AvgIpc) is 2.79. The van der Waals surface area contributed by atoms with Gasteiger partial charge in [-0.3, -0.25) is 0 Å². The van der Waals surface area contributed by atoms with Gasteiger partial charge in [0, 0.05) is 12.0 Å². The van der Waals surface area contributed by atoms with Gasteiger partial charge in [-0.25, -0.2) is 0 Å². The van der Waals surface area contributed by atoms with Gasteiger partial charge >= 0.3 is 0 Å². The van der Waals surface area contributed by atoms with Crippen LogP contribution in [0.2, 0.25) is 0 Å². The molecule has 74 valence electrons. The highest BCUT2D eigenvalue weighted by Gasteiger charge is 2.46. The molecule has 1 aromatic rings. The SMILES string of the molecule is N[C@@H]1[C@H]2CC[C@H](C2)[C@H]1c1ccccc1. The Morgan fingerprint density at radius 2 is 1.71 bits per heavy atom. The second-order valence-electron chi connectivity index (χ2n) is 4.85.